The number of amides is 1. The molecule has 0 aliphatic rings. The Kier molecular flexibility index (Phi) is 3.53. The maximum Gasteiger partial charge on any atom is 0.297 e. The Balaban J connectivity index is 1.97. The van der Waals surface area contributed by atoms with Gasteiger partial charge in [0, 0.05) is 25.6 Å². The van der Waals surface area contributed by atoms with Crippen LogP contribution in [-0.2, 0) is 11.8 Å². The highest BCUT2D eigenvalue weighted by Gasteiger charge is 2.24. The van der Waals surface area contributed by atoms with Gasteiger partial charge >= 0.3 is 0 Å². The van der Waals surface area contributed by atoms with Crippen LogP contribution in [0.1, 0.15) is 27.8 Å². The molecule has 1 amide bonds. The molecule has 3 aromatic rings. The topological polar surface area (TPSA) is 94.2 Å². The second-order valence-electron chi connectivity index (χ2n) is 5.04. The lowest BCUT2D eigenvalue weighted by Gasteiger charge is -2.03. The summed E-state index contributed by atoms with van der Waals surface area (Å²) in [6.45, 7) is 1.33. The summed E-state index contributed by atoms with van der Waals surface area (Å²) in [5.41, 5.74) is 0.833. The largest absolute Gasteiger partial charge is 0.451 e. The van der Waals surface area contributed by atoms with E-state index in [1.807, 2.05) is 0 Å². The summed E-state index contributed by atoms with van der Waals surface area (Å²) >= 11 is 0. The van der Waals surface area contributed by atoms with Crippen LogP contribution in [-0.4, -0.2) is 27.3 Å². The number of carbonyl (C=O) groups excluding carboxylic acids is 3. The van der Waals surface area contributed by atoms with E-state index < -0.39 is 11.7 Å². The fraction of sp³-hybridized carbons (Fsp3) is 0.125. The standard InChI is InChI=1S/C16H13N3O4/c1-9(20)15-13(11-5-3-4-6-12(11)23-15)18-16(22)14(21)10-7-17-19(2)8-10/h3-8H,1-2H3,(H,18,22). The van der Waals surface area contributed by atoms with Crippen molar-refractivity contribution in [3.05, 3.63) is 48.0 Å². The van der Waals surface area contributed by atoms with E-state index in [0.717, 1.165) is 0 Å². The second-order valence-corrected chi connectivity index (χ2v) is 5.04. The second kappa shape index (κ2) is 5.53. The highest BCUT2D eigenvalue weighted by atomic mass is 16.3. The number of carbonyl (C=O) groups is 3. The van der Waals surface area contributed by atoms with Crippen molar-refractivity contribution < 1.29 is 18.8 Å². The van der Waals surface area contributed by atoms with Crippen molar-refractivity contribution in [1.82, 2.24) is 9.78 Å². The number of aryl methyl sites for hydroxylation is 1. The summed E-state index contributed by atoms with van der Waals surface area (Å²) in [7, 11) is 1.64. The minimum Gasteiger partial charge on any atom is -0.451 e. The summed E-state index contributed by atoms with van der Waals surface area (Å²) < 4.78 is 6.88. The van der Waals surface area contributed by atoms with Gasteiger partial charge in [0.05, 0.1) is 17.4 Å². The number of nitrogens with one attached hydrogen (secondary N) is 1. The molecule has 0 aliphatic heterocycles. The summed E-state index contributed by atoms with van der Waals surface area (Å²) in [6.07, 6.45) is 2.75. The Morgan fingerprint density at radius 1 is 1.22 bits per heavy atom. The van der Waals surface area contributed by atoms with E-state index in [2.05, 4.69) is 10.4 Å². The number of para-hydroxylation sites is 1. The summed E-state index contributed by atoms with van der Waals surface area (Å²) in [5, 5.41) is 6.90. The number of furan rings is 1. The van der Waals surface area contributed by atoms with Crippen LogP contribution in [0.25, 0.3) is 11.0 Å². The molecule has 0 saturated heterocycles. The minimum atomic E-state index is -0.855. The molecule has 1 aromatic carbocycles. The minimum absolute atomic E-state index is 0.0125. The van der Waals surface area contributed by atoms with E-state index in [-0.39, 0.29) is 22.8 Å². The van der Waals surface area contributed by atoms with Gasteiger partial charge in [0.2, 0.25) is 0 Å². The molecule has 0 spiro atoms. The molecule has 0 aliphatic carbocycles. The Hall–Kier alpha value is -3.22. The first kappa shape index (κ1) is 14.7. The van der Waals surface area contributed by atoms with Crippen LogP contribution in [0, 0.1) is 0 Å². The number of Topliss-reactive ketones (excluding diaryl/α,β-unsaturated/α-hetero) is 2. The molecule has 2 aromatic heterocycles. The number of rotatable bonds is 4. The number of nitrogens with zero attached hydrogens (tertiary/aromatic N) is 2. The summed E-state index contributed by atoms with van der Waals surface area (Å²) in [6, 6.07) is 6.89. The molecule has 7 nitrogen and oxygen atoms in total. The number of aromatic nitrogens is 2. The van der Waals surface area contributed by atoms with Crippen molar-refractivity contribution in [2.75, 3.05) is 5.32 Å². The van der Waals surface area contributed by atoms with Gasteiger partial charge in [-0.2, -0.15) is 5.10 Å². The van der Waals surface area contributed by atoms with Gasteiger partial charge < -0.3 is 9.73 Å². The van der Waals surface area contributed by atoms with Gasteiger partial charge in [0.25, 0.3) is 11.7 Å². The Morgan fingerprint density at radius 3 is 2.61 bits per heavy atom. The normalized spacial score (nSPS) is 10.7. The van der Waals surface area contributed by atoms with E-state index in [4.69, 9.17) is 4.42 Å². The zero-order chi connectivity index (χ0) is 16.6. The number of anilines is 1. The SMILES string of the molecule is CC(=O)c1oc2ccccc2c1NC(=O)C(=O)c1cnn(C)c1. The molecular formula is C16H13N3O4. The molecule has 3 rings (SSSR count). The van der Waals surface area contributed by atoms with Crippen LogP contribution >= 0.6 is 0 Å². The molecule has 23 heavy (non-hydrogen) atoms. The van der Waals surface area contributed by atoms with Crippen molar-refractivity contribution >= 4 is 34.1 Å². The van der Waals surface area contributed by atoms with Gasteiger partial charge in [-0.15, -0.1) is 0 Å². The third-order valence-electron chi connectivity index (χ3n) is 3.33. The lowest BCUT2D eigenvalue weighted by atomic mass is 10.1. The quantitative estimate of drug-likeness (QED) is 0.589. The Labute approximate surface area is 130 Å². The summed E-state index contributed by atoms with van der Waals surface area (Å²) in [4.78, 5) is 36.0. The number of benzene rings is 1. The van der Waals surface area contributed by atoms with E-state index in [1.165, 1.54) is 24.0 Å². The van der Waals surface area contributed by atoms with Gasteiger partial charge in [0.15, 0.2) is 11.5 Å². The van der Waals surface area contributed by atoms with Crippen molar-refractivity contribution in [3.8, 4) is 0 Å². The molecule has 7 heteroatoms. The third kappa shape index (κ3) is 2.64. The molecule has 2 heterocycles. The molecule has 0 fully saturated rings. The van der Waals surface area contributed by atoms with E-state index in [9.17, 15) is 14.4 Å². The predicted molar refractivity (Wildman–Crippen MR) is 82.4 cm³/mol. The fourth-order valence-corrected chi connectivity index (χ4v) is 2.26. The Morgan fingerprint density at radius 2 is 1.96 bits per heavy atom. The van der Waals surface area contributed by atoms with Crippen LogP contribution in [0.3, 0.4) is 0 Å². The number of ketones is 2. The van der Waals surface area contributed by atoms with Crippen molar-refractivity contribution in [3.63, 3.8) is 0 Å². The van der Waals surface area contributed by atoms with Gasteiger partial charge in [-0.3, -0.25) is 19.1 Å². The number of fused-ring (bicyclic) bond motifs is 1. The zero-order valence-corrected chi connectivity index (χ0v) is 12.5. The fourth-order valence-electron chi connectivity index (χ4n) is 2.26. The van der Waals surface area contributed by atoms with Crippen molar-refractivity contribution in [1.29, 1.82) is 0 Å². The lowest BCUT2D eigenvalue weighted by molar-refractivity contribution is -0.112. The van der Waals surface area contributed by atoms with E-state index in [1.54, 1.807) is 31.3 Å². The molecular weight excluding hydrogens is 298 g/mol. The molecule has 0 radical (unpaired) electrons. The van der Waals surface area contributed by atoms with Crippen LogP contribution < -0.4 is 5.32 Å². The van der Waals surface area contributed by atoms with Crippen molar-refractivity contribution in [2.45, 2.75) is 6.92 Å². The Bertz CT molecular complexity index is 936. The van der Waals surface area contributed by atoms with Crippen LogP contribution in [0.4, 0.5) is 5.69 Å². The molecule has 116 valence electrons. The number of hydrogen-bond donors (Lipinski definition) is 1. The first-order valence-electron chi connectivity index (χ1n) is 6.84. The average molecular weight is 311 g/mol. The van der Waals surface area contributed by atoms with Gasteiger partial charge in [0.1, 0.15) is 5.58 Å². The molecule has 0 saturated carbocycles. The third-order valence-corrected chi connectivity index (χ3v) is 3.33. The van der Waals surface area contributed by atoms with Gasteiger partial charge in [-0.1, -0.05) is 12.1 Å². The first-order valence-corrected chi connectivity index (χ1v) is 6.84. The molecule has 0 atom stereocenters. The average Bonchev–Trinajstić information content (AvgIpc) is 3.11. The smallest absolute Gasteiger partial charge is 0.297 e. The molecule has 0 bridgehead atoms. The molecule has 1 N–H and O–H groups in total. The first-order chi connectivity index (χ1) is 11.0. The highest BCUT2D eigenvalue weighted by Crippen LogP contribution is 2.31. The highest BCUT2D eigenvalue weighted by molar-refractivity contribution is 6.47. The summed E-state index contributed by atoms with van der Waals surface area (Å²) in [5.74, 6) is -1.92. The maximum atomic E-state index is 12.2. The maximum absolute atomic E-state index is 12.2. The van der Waals surface area contributed by atoms with Gasteiger partial charge in [-0.05, 0) is 12.1 Å². The van der Waals surface area contributed by atoms with Crippen LogP contribution in [0.2, 0.25) is 0 Å². The van der Waals surface area contributed by atoms with Crippen molar-refractivity contribution in [2.24, 2.45) is 7.05 Å². The number of hydrogen-bond acceptors (Lipinski definition) is 5. The molecule has 0 unspecified atom stereocenters. The predicted octanol–water partition coefficient (Wildman–Crippen LogP) is 2.19. The van der Waals surface area contributed by atoms with E-state index >= 15 is 0 Å². The zero-order valence-electron chi connectivity index (χ0n) is 12.5. The van der Waals surface area contributed by atoms with Gasteiger partial charge in [-0.25, -0.2) is 0 Å². The van der Waals surface area contributed by atoms with E-state index in [0.29, 0.717) is 11.0 Å². The van der Waals surface area contributed by atoms with Crippen LogP contribution in [0.5, 0.6) is 0 Å². The van der Waals surface area contributed by atoms with Crippen LogP contribution in [0.15, 0.2) is 41.1 Å². The monoisotopic (exact) mass is 311 g/mol. The lowest BCUT2D eigenvalue weighted by Crippen LogP contribution is -2.23.